The van der Waals surface area contributed by atoms with E-state index in [4.69, 9.17) is 44.3 Å². The Morgan fingerprint density at radius 3 is 2.31 bits per heavy atom. The minimum absolute atomic E-state index is 0.198. The second-order valence-electron chi connectivity index (χ2n) is 6.09. The minimum Gasteiger partial charge on any atom is -0.493 e. The number of rotatable bonds is 7. The van der Waals surface area contributed by atoms with Gasteiger partial charge in [0.05, 0.1) is 11.6 Å². The van der Waals surface area contributed by atoms with Crippen LogP contribution in [0.15, 0.2) is 60.7 Å². The van der Waals surface area contributed by atoms with Gasteiger partial charge in [-0.25, -0.2) is 0 Å². The lowest BCUT2D eigenvalue weighted by Gasteiger charge is -2.14. The highest BCUT2D eigenvalue weighted by Gasteiger charge is 2.13. The second-order valence-corrected chi connectivity index (χ2v) is 7.37. The van der Waals surface area contributed by atoms with Gasteiger partial charge in [-0.3, -0.25) is 4.79 Å². The van der Waals surface area contributed by atoms with Gasteiger partial charge in [-0.1, -0.05) is 46.9 Å². The summed E-state index contributed by atoms with van der Waals surface area (Å²) in [6, 6.07) is 17.2. The molecule has 3 rings (SSSR count). The standard InChI is InChI=1S/C22H18Cl3NO3/c1-2-28-20-8-7-14(22(27)26-18-11-16(23)10-17(24)12-18)9-15(20)13-29-21-6-4-3-5-19(21)25/h3-12H,2,13H2,1H3,(H,26,27). The molecule has 0 atom stereocenters. The zero-order valence-corrected chi connectivity index (χ0v) is 17.8. The zero-order valence-electron chi connectivity index (χ0n) is 15.5. The number of carbonyl (C=O) groups excluding carboxylic acids is 1. The molecular weight excluding hydrogens is 433 g/mol. The molecule has 0 heterocycles. The molecule has 0 aliphatic carbocycles. The van der Waals surface area contributed by atoms with Crippen LogP contribution < -0.4 is 14.8 Å². The second kappa shape index (κ2) is 9.88. The van der Waals surface area contributed by atoms with E-state index >= 15 is 0 Å². The quantitative estimate of drug-likeness (QED) is 0.427. The van der Waals surface area contributed by atoms with Gasteiger partial charge in [0.1, 0.15) is 18.1 Å². The number of nitrogens with one attached hydrogen (secondary N) is 1. The molecule has 29 heavy (non-hydrogen) atoms. The maximum atomic E-state index is 12.7. The molecule has 0 bridgehead atoms. The number of ether oxygens (including phenoxy) is 2. The summed E-state index contributed by atoms with van der Waals surface area (Å²) in [5, 5.41) is 4.18. The van der Waals surface area contributed by atoms with E-state index in [-0.39, 0.29) is 12.5 Å². The van der Waals surface area contributed by atoms with E-state index in [0.29, 0.717) is 44.4 Å². The Kier molecular flexibility index (Phi) is 7.26. The van der Waals surface area contributed by atoms with Gasteiger partial charge in [0.25, 0.3) is 5.91 Å². The fraction of sp³-hybridized carbons (Fsp3) is 0.136. The van der Waals surface area contributed by atoms with Gasteiger partial charge in [0.15, 0.2) is 0 Å². The third-order valence-corrected chi connectivity index (χ3v) is 4.71. The molecule has 4 nitrogen and oxygen atoms in total. The van der Waals surface area contributed by atoms with Crippen molar-refractivity contribution in [3.05, 3.63) is 86.9 Å². The van der Waals surface area contributed by atoms with Crippen LogP contribution >= 0.6 is 34.8 Å². The zero-order chi connectivity index (χ0) is 20.8. The molecule has 0 saturated carbocycles. The molecule has 1 N–H and O–H groups in total. The average Bonchev–Trinajstić information content (AvgIpc) is 2.67. The number of hydrogen-bond donors (Lipinski definition) is 1. The monoisotopic (exact) mass is 449 g/mol. The van der Waals surface area contributed by atoms with E-state index in [1.54, 1.807) is 48.5 Å². The van der Waals surface area contributed by atoms with Crippen LogP contribution in [0.2, 0.25) is 15.1 Å². The smallest absolute Gasteiger partial charge is 0.255 e. The molecule has 0 spiro atoms. The van der Waals surface area contributed by atoms with E-state index < -0.39 is 0 Å². The van der Waals surface area contributed by atoms with Crippen molar-refractivity contribution in [2.45, 2.75) is 13.5 Å². The summed E-state index contributed by atoms with van der Waals surface area (Å²) in [5.41, 5.74) is 1.68. The normalized spacial score (nSPS) is 10.5. The average molecular weight is 451 g/mol. The number of benzene rings is 3. The highest BCUT2D eigenvalue weighted by molar-refractivity contribution is 6.35. The van der Waals surface area contributed by atoms with Gasteiger partial charge >= 0.3 is 0 Å². The van der Waals surface area contributed by atoms with Crippen molar-refractivity contribution in [3.8, 4) is 11.5 Å². The fourth-order valence-corrected chi connectivity index (χ4v) is 3.39. The Morgan fingerprint density at radius 2 is 1.62 bits per heavy atom. The lowest BCUT2D eigenvalue weighted by molar-refractivity contribution is 0.102. The Morgan fingerprint density at radius 1 is 0.897 bits per heavy atom. The number of hydrogen-bond acceptors (Lipinski definition) is 3. The first-order chi connectivity index (χ1) is 14.0. The molecule has 150 valence electrons. The molecule has 0 aromatic heterocycles. The third kappa shape index (κ3) is 5.80. The van der Waals surface area contributed by atoms with Crippen molar-refractivity contribution in [1.29, 1.82) is 0 Å². The molecule has 0 fully saturated rings. The maximum Gasteiger partial charge on any atom is 0.255 e. The fourth-order valence-electron chi connectivity index (χ4n) is 2.68. The maximum absolute atomic E-state index is 12.7. The van der Waals surface area contributed by atoms with Gasteiger partial charge in [-0.05, 0) is 55.5 Å². The van der Waals surface area contributed by atoms with Gasteiger partial charge in [0, 0.05) is 26.9 Å². The van der Waals surface area contributed by atoms with E-state index in [2.05, 4.69) is 5.32 Å². The summed E-state index contributed by atoms with van der Waals surface area (Å²) in [6.07, 6.45) is 0. The van der Waals surface area contributed by atoms with Crippen LogP contribution in [0, 0.1) is 0 Å². The Hall–Kier alpha value is -2.40. The molecule has 0 unspecified atom stereocenters. The van der Waals surface area contributed by atoms with Crippen LogP contribution in [0.4, 0.5) is 5.69 Å². The largest absolute Gasteiger partial charge is 0.493 e. The summed E-state index contributed by atoms with van der Waals surface area (Å²) in [5.74, 6) is 0.896. The lowest BCUT2D eigenvalue weighted by atomic mass is 10.1. The van der Waals surface area contributed by atoms with Gasteiger partial charge in [0.2, 0.25) is 0 Å². The Balaban J connectivity index is 1.81. The summed E-state index contributed by atoms with van der Waals surface area (Å²) >= 11 is 18.1. The first-order valence-electron chi connectivity index (χ1n) is 8.86. The first kappa shape index (κ1) is 21.3. The van der Waals surface area contributed by atoms with Crippen molar-refractivity contribution in [2.75, 3.05) is 11.9 Å². The van der Waals surface area contributed by atoms with Crippen LogP contribution in [0.25, 0.3) is 0 Å². The molecular formula is C22H18Cl3NO3. The van der Waals surface area contributed by atoms with Crippen molar-refractivity contribution in [3.63, 3.8) is 0 Å². The van der Waals surface area contributed by atoms with E-state index in [9.17, 15) is 4.79 Å². The van der Waals surface area contributed by atoms with Gasteiger partial charge < -0.3 is 14.8 Å². The van der Waals surface area contributed by atoms with E-state index in [1.807, 2.05) is 19.1 Å². The summed E-state index contributed by atoms with van der Waals surface area (Å²) in [6.45, 7) is 2.58. The molecule has 0 radical (unpaired) electrons. The SMILES string of the molecule is CCOc1ccc(C(=O)Nc2cc(Cl)cc(Cl)c2)cc1COc1ccccc1Cl. The molecule has 0 aliphatic rings. The topological polar surface area (TPSA) is 47.6 Å². The van der Waals surface area contributed by atoms with Gasteiger partial charge in [-0.2, -0.15) is 0 Å². The number of halogens is 3. The summed E-state index contributed by atoms with van der Waals surface area (Å²) < 4.78 is 11.5. The van der Waals surface area contributed by atoms with E-state index in [0.717, 1.165) is 5.56 Å². The van der Waals surface area contributed by atoms with Crippen LogP contribution in [-0.2, 0) is 6.61 Å². The van der Waals surface area contributed by atoms with Gasteiger partial charge in [-0.15, -0.1) is 0 Å². The van der Waals surface area contributed by atoms with Crippen molar-refractivity contribution in [2.24, 2.45) is 0 Å². The molecule has 0 saturated heterocycles. The lowest BCUT2D eigenvalue weighted by Crippen LogP contribution is -2.13. The summed E-state index contributed by atoms with van der Waals surface area (Å²) in [4.78, 5) is 12.7. The molecule has 3 aromatic rings. The number of para-hydroxylation sites is 1. The highest BCUT2D eigenvalue weighted by atomic mass is 35.5. The predicted molar refractivity (Wildman–Crippen MR) is 118 cm³/mol. The highest BCUT2D eigenvalue weighted by Crippen LogP contribution is 2.28. The molecule has 0 aliphatic heterocycles. The third-order valence-electron chi connectivity index (χ3n) is 3.96. The molecule has 7 heteroatoms. The van der Waals surface area contributed by atoms with Crippen LogP contribution in [0.3, 0.4) is 0 Å². The van der Waals surface area contributed by atoms with Crippen LogP contribution in [0.1, 0.15) is 22.8 Å². The van der Waals surface area contributed by atoms with Crippen molar-refractivity contribution < 1.29 is 14.3 Å². The first-order valence-corrected chi connectivity index (χ1v) is 10.00. The van der Waals surface area contributed by atoms with E-state index in [1.165, 1.54) is 0 Å². The Labute approximate surface area is 184 Å². The van der Waals surface area contributed by atoms with Crippen LogP contribution in [-0.4, -0.2) is 12.5 Å². The number of anilines is 1. The van der Waals surface area contributed by atoms with Crippen molar-refractivity contribution in [1.82, 2.24) is 0 Å². The van der Waals surface area contributed by atoms with Crippen LogP contribution in [0.5, 0.6) is 11.5 Å². The minimum atomic E-state index is -0.301. The summed E-state index contributed by atoms with van der Waals surface area (Å²) in [7, 11) is 0. The predicted octanol–water partition coefficient (Wildman–Crippen LogP) is 6.88. The number of amides is 1. The number of carbonyl (C=O) groups is 1. The Bertz CT molecular complexity index is 1000. The van der Waals surface area contributed by atoms with Crippen molar-refractivity contribution >= 4 is 46.4 Å². The molecule has 3 aromatic carbocycles. The molecule has 1 amide bonds.